The van der Waals surface area contributed by atoms with E-state index in [-0.39, 0.29) is 6.54 Å². The van der Waals surface area contributed by atoms with Gasteiger partial charge in [-0.15, -0.1) is 0 Å². The summed E-state index contributed by atoms with van der Waals surface area (Å²) in [5.41, 5.74) is 6.84. The molecule has 1 aromatic heterocycles. The second kappa shape index (κ2) is 4.03. The molecule has 0 bridgehead atoms. The molecule has 0 amide bonds. The summed E-state index contributed by atoms with van der Waals surface area (Å²) in [6.45, 7) is 1.64. The minimum atomic E-state index is -1.16. The minimum absolute atomic E-state index is 0.0886. The summed E-state index contributed by atoms with van der Waals surface area (Å²) in [5.74, 6) is 0.143. The van der Waals surface area contributed by atoms with Crippen LogP contribution in [-0.2, 0) is 0 Å². The van der Waals surface area contributed by atoms with E-state index in [9.17, 15) is 9.90 Å². The van der Waals surface area contributed by atoms with Gasteiger partial charge in [0.05, 0.1) is 0 Å². The van der Waals surface area contributed by atoms with Crippen molar-refractivity contribution in [1.29, 1.82) is 0 Å². The molecule has 0 aliphatic rings. The summed E-state index contributed by atoms with van der Waals surface area (Å²) in [5, 5.41) is 9.34. The molecule has 0 spiro atoms. The highest BCUT2D eigenvalue weighted by Crippen LogP contribution is 2.17. The lowest BCUT2D eigenvalue weighted by Crippen LogP contribution is -2.29. The second-order valence-corrected chi connectivity index (χ2v) is 3.53. The Morgan fingerprint density at radius 3 is 3.06 bits per heavy atom. The van der Waals surface area contributed by atoms with Crippen molar-refractivity contribution >= 4 is 16.9 Å². The molecule has 1 aromatic carbocycles. The van der Waals surface area contributed by atoms with Crippen LogP contribution in [0.1, 0.15) is 16.2 Å². The highest BCUT2D eigenvalue weighted by Gasteiger charge is 2.16. The molecular formula is C11H12N2O3. The van der Waals surface area contributed by atoms with Crippen molar-refractivity contribution < 1.29 is 14.3 Å². The van der Waals surface area contributed by atoms with Crippen LogP contribution in [0.25, 0.3) is 11.1 Å². The molecule has 5 heteroatoms. The Labute approximate surface area is 91.9 Å². The fraction of sp³-hybridized carbons (Fsp3) is 0.273. The number of oxazole rings is 1. The third kappa shape index (κ3) is 1.82. The lowest BCUT2D eigenvalue weighted by molar-refractivity contribution is 0.0763. The number of aryl methyl sites for hydroxylation is 1. The number of Topliss-reactive ketones (excluding diaryl/α,β-unsaturated/α-hetero) is 1. The standard InChI is InChI=1S/C11H12N2O3/c1-6-13-8-4-7(2-3-10(8)16-6)11(15)9(14)5-12/h2-4,9,14H,5,12H2,1H3. The Balaban J connectivity index is 2.42. The maximum Gasteiger partial charge on any atom is 0.192 e. The number of carbonyl (C=O) groups is 1. The molecule has 84 valence electrons. The van der Waals surface area contributed by atoms with Crippen LogP contribution in [0.4, 0.5) is 0 Å². The normalized spacial score (nSPS) is 12.9. The molecule has 1 unspecified atom stereocenters. The van der Waals surface area contributed by atoms with Crippen LogP contribution >= 0.6 is 0 Å². The molecular weight excluding hydrogens is 208 g/mol. The number of nitrogens with zero attached hydrogens (tertiary/aromatic N) is 1. The Bertz CT molecular complexity index is 533. The number of fused-ring (bicyclic) bond motifs is 1. The van der Waals surface area contributed by atoms with Crippen LogP contribution in [0.2, 0.25) is 0 Å². The van der Waals surface area contributed by atoms with Crippen LogP contribution in [0.5, 0.6) is 0 Å². The lowest BCUT2D eigenvalue weighted by atomic mass is 10.1. The number of nitrogens with two attached hydrogens (primary N) is 1. The molecule has 0 aliphatic heterocycles. The Kier molecular flexibility index (Phi) is 2.72. The molecule has 3 N–H and O–H groups in total. The summed E-state index contributed by atoms with van der Waals surface area (Å²) < 4.78 is 5.28. The molecule has 16 heavy (non-hydrogen) atoms. The summed E-state index contributed by atoms with van der Waals surface area (Å²) >= 11 is 0. The van der Waals surface area contributed by atoms with E-state index in [1.165, 1.54) is 0 Å². The number of carbonyl (C=O) groups excluding carboxylic acids is 1. The Hall–Kier alpha value is -1.72. The molecule has 0 saturated heterocycles. The minimum Gasteiger partial charge on any atom is -0.441 e. The zero-order valence-electron chi connectivity index (χ0n) is 8.80. The number of aromatic nitrogens is 1. The van der Waals surface area contributed by atoms with Gasteiger partial charge >= 0.3 is 0 Å². The first-order chi connectivity index (χ1) is 7.61. The van der Waals surface area contributed by atoms with Crippen molar-refractivity contribution in [2.75, 3.05) is 6.54 Å². The van der Waals surface area contributed by atoms with Crippen LogP contribution in [-0.4, -0.2) is 28.5 Å². The summed E-state index contributed by atoms with van der Waals surface area (Å²) in [4.78, 5) is 15.7. The lowest BCUT2D eigenvalue weighted by Gasteiger charge is -2.05. The Morgan fingerprint density at radius 2 is 2.38 bits per heavy atom. The first-order valence-electron chi connectivity index (χ1n) is 4.91. The van der Waals surface area contributed by atoms with Gasteiger partial charge in [-0.05, 0) is 18.2 Å². The van der Waals surface area contributed by atoms with Crippen molar-refractivity contribution in [2.24, 2.45) is 5.73 Å². The van der Waals surface area contributed by atoms with Gasteiger partial charge in [0, 0.05) is 19.0 Å². The van der Waals surface area contributed by atoms with Gasteiger partial charge < -0.3 is 15.3 Å². The zero-order valence-corrected chi connectivity index (χ0v) is 8.80. The second-order valence-electron chi connectivity index (χ2n) is 3.53. The fourth-order valence-electron chi connectivity index (χ4n) is 1.50. The van der Waals surface area contributed by atoms with E-state index in [0.29, 0.717) is 22.6 Å². The molecule has 2 aromatic rings. The number of benzene rings is 1. The summed E-state index contributed by atoms with van der Waals surface area (Å²) in [6, 6.07) is 4.84. The molecule has 0 aliphatic carbocycles. The fourth-order valence-corrected chi connectivity index (χ4v) is 1.50. The molecule has 0 radical (unpaired) electrons. The number of ketones is 1. The van der Waals surface area contributed by atoms with Gasteiger partial charge in [0.2, 0.25) is 0 Å². The largest absolute Gasteiger partial charge is 0.441 e. The first-order valence-corrected chi connectivity index (χ1v) is 4.91. The van der Waals surface area contributed by atoms with E-state index in [1.807, 2.05) is 0 Å². The van der Waals surface area contributed by atoms with Gasteiger partial charge in [-0.1, -0.05) is 0 Å². The molecule has 2 rings (SSSR count). The van der Waals surface area contributed by atoms with Crippen LogP contribution in [0.3, 0.4) is 0 Å². The van der Waals surface area contributed by atoms with Crippen molar-refractivity contribution in [3.8, 4) is 0 Å². The van der Waals surface area contributed by atoms with E-state index < -0.39 is 11.9 Å². The van der Waals surface area contributed by atoms with Gasteiger partial charge in [-0.25, -0.2) is 4.98 Å². The number of aliphatic hydroxyl groups is 1. The third-order valence-electron chi connectivity index (χ3n) is 2.30. The highest BCUT2D eigenvalue weighted by molar-refractivity contribution is 6.01. The zero-order chi connectivity index (χ0) is 11.7. The van der Waals surface area contributed by atoms with Gasteiger partial charge in [0.25, 0.3) is 0 Å². The van der Waals surface area contributed by atoms with Crippen molar-refractivity contribution in [1.82, 2.24) is 4.98 Å². The van der Waals surface area contributed by atoms with Crippen molar-refractivity contribution in [3.05, 3.63) is 29.7 Å². The smallest absolute Gasteiger partial charge is 0.192 e. The summed E-state index contributed by atoms with van der Waals surface area (Å²) in [7, 11) is 0. The summed E-state index contributed by atoms with van der Waals surface area (Å²) in [6.07, 6.45) is -1.16. The monoisotopic (exact) mass is 220 g/mol. The average Bonchev–Trinajstić information content (AvgIpc) is 2.65. The maximum atomic E-state index is 11.6. The van der Waals surface area contributed by atoms with Gasteiger partial charge in [-0.3, -0.25) is 4.79 Å². The SMILES string of the molecule is Cc1nc2cc(C(=O)C(O)CN)ccc2o1. The Morgan fingerprint density at radius 1 is 1.62 bits per heavy atom. The number of rotatable bonds is 3. The molecule has 1 atom stereocenters. The van der Waals surface area contributed by atoms with E-state index in [0.717, 1.165) is 0 Å². The van der Waals surface area contributed by atoms with E-state index in [1.54, 1.807) is 25.1 Å². The predicted molar refractivity (Wildman–Crippen MR) is 58.1 cm³/mol. The molecule has 0 fully saturated rings. The van der Waals surface area contributed by atoms with Crippen molar-refractivity contribution in [3.63, 3.8) is 0 Å². The average molecular weight is 220 g/mol. The van der Waals surface area contributed by atoms with Crippen LogP contribution < -0.4 is 5.73 Å². The predicted octanol–water partition coefficient (Wildman–Crippen LogP) is 0.639. The topological polar surface area (TPSA) is 89.3 Å². The van der Waals surface area contributed by atoms with E-state index in [2.05, 4.69) is 4.98 Å². The first kappa shape index (κ1) is 10.8. The highest BCUT2D eigenvalue weighted by atomic mass is 16.3. The van der Waals surface area contributed by atoms with Crippen LogP contribution in [0.15, 0.2) is 22.6 Å². The van der Waals surface area contributed by atoms with Crippen molar-refractivity contribution in [2.45, 2.75) is 13.0 Å². The molecule has 0 saturated carbocycles. The van der Waals surface area contributed by atoms with E-state index >= 15 is 0 Å². The molecule has 1 heterocycles. The van der Waals surface area contributed by atoms with Gasteiger partial charge in [0.15, 0.2) is 17.3 Å². The quantitative estimate of drug-likeness (QED) is 0.741. The van der Waals surface area contributed by atoms with Gasteiger partial charge in [0.1, 0.15) is 11.6 Å². The molecule has 5 nitrogen and oxygen atoms in total. The number of aliphatic hydroxyl groups excluding tert-OH is 1. The van der Waals surface area contributed by atoms with E-state index in [4.69, 9.17) is 10.2 Å². The van der Waals surface area contributed by atoms with Gasteiger partial charge in [-0.2, -0.15) is 0 Å². The number of hydrogen-bond donors (Lipinski definition) is 2. The third-order valence-corrected chi connectivity index (χ3v) is 2.30. The maximum absolute atomic E-state index is 11.6. The number of hydrogen-bond acceptors (Lipinski definition) is 5. The van der Waals surface area contributed by atoms with Crippen LogP contribution in [0, 0.1) is 6.92 Å².